The number of nitrogens with one attached hydrogen (secondary N) is 1. The number of piperidine rings is 1. The van der Waals surface area contributed by atoms with Crippen molar-refractivity contribution in [3.63, 3.8) is 0 Å². The predicted molar refractivity (Wildman–Crippen MR) is 75.1 cm³/mol. The number of hydrogen-bond acceptors (Lipinski definition) is 3. The highest BCUT2D eigenvalue weighted by atomic mass is 35.5. The van der Waals surface area contributed by atoms with Crippen LogP contribution in [0.25, 0.3) is 6.08 Å². The molecule has 4 nitrogen and oxygen atoms in total. The van der Waals surface area contributed by atoms with E-state index < -0.39 is 10.7 Å². The van der Waals surface area contributed by atoms with E-state index in [0.29, 0.717) is 11.1 Å². The summed E-state index contributed by atoms with van der Waals surface area (Å²) in [7, 11) is 0. The summed E-state index contributed by atoms with van der Waals surface area (Å²) in [6.07, 6.45) is 3.69. The molecule has 0 bridgehead atoms. The maximum atomic E-state index is 13.4. The third kappa shape index (κ3) is 3.75. The van der Waals surface area contributed by atoms with Crippen LogP contribution in [0, 0.1) is 22.9 Å². The number of benzene rings is 1. The van der Waals surface area contributed by atoms with Gasteiger partial charge >= 0.3 is 0 Å². The molecule has 0 aliphatic carbocycles. The Labute approximate surface area is 117 Å². The molecule has 1 aliphatic rings. The molecule has 0 saturated carbocycles. The Morgan fingerprint density at radius 1 is 1.37 bits per heavy atom. The Balaban J connectivity index is 0.00000180. The van der Waals surface area contributed by atoms with Crippen molar-refractivity contribution in [1.82, 2.24) is 5.32 Å². The second kappa shape index (κ2) is 6.63. The molecule has 104 valence electrons. The summed E-state index contributed by atoms with van der Waals surface area (Å²) in [5.41, 5.74) is 2.18. The highest BCUT2D eigenvalue weighted by Crippen LogP contribution is 2.26. The first kappa shape index (κ1) is 15.6. The van der Waals surface area contributed by atoms with Gasteiger partial charge in [0.1, 0.15) is 5.82 Å². The van der Waals surface area contributed by atoms with Crippen LogP contribution in [0.2, 0.25) is 0 Å². The second-order valence-corrected chi connectivity index (χ2v) is 4.45. The third-order valence-corrected chi connectivity index (χ3v) is 3.19. The van der Waals surface area contributed by atoms with Gasteiger partial charge < -0.3 is 5.32 Å². The zero-order valence-electron chi connectivity index (χ0n) is 10.6. The van der Waals surface area contributed by atoms with Crippen LogP contribution in [0.3, 0.4) is 0 Å². The van der Waals surface area contributed by atoms with Gasteiger partial charge in [-0.15, -0.1) is 12.4 Å². The van der Waals surface area contributed by atoms with E-state index in [1.165, 1.54) is 11.6 Å². The van der Waals surface area contributed by atoms with E-state index in [-0.39, 0.29) is 18.1 Å². The lowest BCUT2D eigenvalue weighted by Gasteiger charge is -2.15. The average Bonchev–Trinajstić information content (AvgIpc) is 2.34. The summed E-state index contributed by atoms with van der Waals surface area (Å²) in [4.78, 5) is 10.3. The summed E-state index contributed by atoms with van der Waals surface area (Å²) in [6, 6.07) is 2.33. The van der Waals surface area contributed by atoms with Gasteiger partial charge in [-0.25, -0.2) is 4.39 Å². The standard InChI is InChI=1S/C13H15FN2O2.ClH/c1-9-11(6-10-2-4-15-5-3-10)7-12(14)8-13(9)16(17)18;/h6-8,15H,2-5H2,1H3;1H. The van der Waals surface area contributed by atoms with Crippen LogP contribution in [0.4, 0.5) is 10.1 Å². The Bertz CT molecular complexity index is 510. The summed E-state index contributed by atoms with van der Waals surface area (Å²) in [5, 5.41) is 14.1. The molecule has 6 heteroatoms. The predicted octanol–water partition coefficient (Wildman–Crippen LogP) is 3.23. The van der Waals surface area contributed by atoms with Gasteiger partial charge in [-0.2, -0.15) is 0 Å². The molecule has 0 aromatic heterocycles. The van der Waals surface area contributed by atoms with Gasteiger partial charge in [0.15, 0.2) is 0 Å². The minimum atomic E-state index is -0.562. The van der Waals surface area contributed by atoms with Crippen molar-refractivity contribution < 1.29 is 9.31 Å². The number of halogens is 2. The molecule has 0 atom stereocenters. The third-order valence-electron chi connectivity index (χ3n) is 3.19. The number of nitrogens with zero attached hydrogens (tertiary/aromatic N) is 1. The van der Waals surface area contributed by atoms with Gasteiger partial charge in [0.25, 0.3) is 5.69 Å². The first-order valence-electron chi connectivity index (χ1n) is 5.92. The first-order chi connectivity index (χ1) is 8.58. The van der Waals surface area contributed by atoms with Crippen molar-refractivity contribution >= 4 is 24.2 Å². The van der Waals surface area contributed by atoms with Gasteiger partial charge in [0, 0.05) is 5.56 Å². The largest absolute Gasteiger partial charge is 0.316 e. The topological polar surface area (TPSA) is 55.2 Å². The van der Waals surface area contributed by atoms with Gasteiger partial charge in [-0.1, -0.05) is 11.6 Å². The van der Waals surface area contributed by atoms with Gasteiger partial charge in [-0.05, 0) is 44.5 Å². The Kier molecular flexibility index (Phi) is 5.44. The van der Waals surface area contributed by atoms with Crippen molar-refractivity contribution in [2.45, 2.75) is 19.8 Å². The van der Waals surface area contributed by atoms with Crippen LogP contribution in [0.5, 0.6) is 0 Å². The Hall–Kier alpha value is -1.46. The van der Waals surface area contributed by atoms with Crippen LogP contribution in [0.1, 0.15) is 24.0 Å². The molecule has 19 heavy (non-hydrogen) atoms. The van der Waals surface area contributed by atoms with E-state index in [1.54, 1.807) is 6.92 Å². The second-order valence-electron chi connectivity index (χ2n) is 4.45. The molecule has 1 fully saturated rings. The average molecular weight is 287 g/mol. The minimum Gasteiger partial charge on any atom is -0.316 e. The molecule has 2 rings (SSSR count). The van der Waals surface area contributed by atoms with Crippen LogP contribution >= 0.6 is 12.4 Å². The lowest BCUT2D eigenvalue weighted by Crippen LogP contribution is -2.22. The Morgan fingerprint density at radius 3 is 2.58 bits per heavy atom. The van der Waals surface area contributed by atoms with Crippen molar-refractivity contribution in [2.75, 3.05) is 13.1 Å². The smallest absolute Gasteiger partial charge is 0.275 e. The lowest BCUT2D eigenvalue weighted by atomic mass is 9.99. The molecular formula is C13H16ClFN2O2. The van der Waals surface area contributed by atoms with Crippen LogP contribution in [-0.4, -0.2) is 18.0 Å². The SMILES string of the molecule is Cc1c(C=C2CCNCC2)cc(F)cc1[N+](=O)[O-].Cl. The number of nitro groups is 1. The fourth-order valence-corrected chi connectivity index (χ4v) is 2.14. The van der Waals surface area contributed by atoms with Crippen LogP contribution < -0.4 is 5.32 Å². The number of nitro benzene ring substituents is 1. The van der Waals surface area contributed by atoms with Crippen molar-refractivity contribution in [3.8, 4) is 0 Å². The van der Waals surface area contributed by atoms with Gasteiger partial charge in [0.2, 0.25) is 0 Å². The molecule has 0 amide bonds. The van der Waals surface area contributed by atoms with E-state index in [9.17, 15) is 14.5 Å². The van der Waals surface area contributed by atoms with Crippen molar-refractivity contribution in [3.05, 3.63) is 44.8 Å². The molecule has 1 heterocycles. The summed E-state index contributed by atoms with van der Waals surface area (Å²) in [5.74, 6) is -0.562. The molecule has 1 saturated heterocycles. The normalized spacial score (nSPS) is 14.7. The summed E-state index contributed by atoms with van der Waals surface area (Å²) in [6.45, 7) is 3.47. The van der Waals surface area contributed by atoms with Gasteiger partial charge in [-0.3, -0.25) is 10.1 Å². The monoisotopic (exact) mass is 286 g/mol. The Morgan fingerprint density at radius 2 is 2.00 bits per heavy atom. The summed E-state index contributed by atoms with van der Waals surface area (Å²) < 4.78 is 13.4. The maximum Gasteiger partial charge on any atom is 0.275 e. The molecular weight excluding hydrogens is 271 g/mol. The molecule has 0 spiro atoms. The minimum absolute atomic E-state index is 0. The van der Waals surface area contributed by atoms with E-state index >= 15 is 0 Å². The number of rotatable bonds is 2. The van der Waals surface area contributed by atoms with Crippen LogP contribution in [-0.2, 0) is 0 Å². The zero-order chi connectivity index (χ0) is 13.1. The molecule has 1 N–H and O–H groups in total. The molecule has 1 aliphatic heterocycles. The van der Waals surface area contributed by atoms with E-state index in [1.807, 2.05) is 6.08 Å². The summed E-state index contributed by atoms with van der Waals surface area (Å²) >= 11 is 0. The van der Waals surface area contributed by atoms with E-state index in [2.05, 4.69) is 5.32 Å². The van der Waals surface area contributed by atoms with Crippen LogP contribution in [0.15, 0.2) is 17.7 Å². The molecule has 1 aromatic rings. The number of hydrogen-bond donors (Lipinski definition) is 1. The van der Waals surface area contributed by atoms with Crippen molar-refractivity contribution in [2.24, 2.45) is 0 Å². The van der Waals surface area contributed by atoms with E-state index in [4.69, 9.17) is 0 Å². The first-order valence-corrected chi connectivity index (χ1v) is 5.92. The lowest BCUT2D eigenvalue weighted by molar-refractivity contribution is -0.385. The van der Waals surface area contributed by atoms with Crippen molar-refractivity contribution in [1.29, 1.82) is 0 Å². The fraction of sp³-hybridized carbons (Fsp3) is 0.385. The highest BCUT2D eigenvalue weighted by Gasteiger charge is 2.16. The zero-order valence-corrected chi connectivity index (χ0v) is 11.4. The van der Waals surface area contributed by atoms with Gasteiger partial charge in [0.05, 0.1) is 11.0 Å². The van der Waals surface area contributed by atoms with E-state index in [0.717, 1.165) is 32.0 Å². The fourth-order valence-electron chi connectivity index (χ4n) is 2.14. The highest BCUT2D eigenvalue weighted by molar-refractivity contribution is 5.85. The molecule has 1 aromatic carbocycles. The maximum absolute atomic E-state index is 13.4. The quantitative estimate of drug-likeness (QED) is 0.671. The molecule has 0 unspecified atom stereocenters. The molecule has 0 radical (unpaired) electrons.